The van der Waals surface area contributed by atoms with Crippen molar-refractivity contribution in [1.82, 2.24) is 0 Å². The van der Waals surface area contributed by atoms with Crippen LogP contribution in [0.1, 0.15) is 11.1 Å². The molecule has 0 aliphatic carbocycles. The van der Waals surface area contributed by atoms with Gasteiger partial charge < -0.3 is 4.74 Å². The fourth-order valence-corrected chi connectivity index (χ4v) is 4.81. The molecule has 5 rings (SSSR count). The van der Waals surface area contributed by atoms with Gasteiger partial charge in [0.15, 0.2) is 5.11 Å². The Morgan fingerprint density at radius 3 is 1.82 bits per heavy atom. The van der Waals surface area contributed by atoms with E-state index in [0.717, 1.165) is 5.56 Å². The molecule has 0 atom stereocenters. The minimum Gasteiger partial charge on any atom is -0.487 e. The van der Waals surface area contributed by atoms with Crippen LogP contribution in [0.5, 0.6) is 5.75 Å². The quantitative estimate of drug-likeness (QED) is 0.141. The van der Waals surface area contributed by atoms with E-state index in [2.05, 4.69) is 0 Å². The minimum absolute atomic E-state index is 0.0490. The summed E-state index contributed by atoms with van der Waals surface area (Å²) in [6.07, 6.45) is 1.52. The van der Waals surface area contributed by atoms with Crippen molar-refractivity contribution in [2.75, 3.05) is 9.80 Å². The summed E-state index contributed by atoms with van der Waals surface area (Å²) >= 11 is 18.3. The third-order valence-corrected chi connectivity index (χ3v) is 6.92. The summed E-state index contributed by atoms with van der Waals surface area (Å²) in [4.78, 5) is 30.0. The monoisotopic (exact) mass is 558 g/mol. The van der Waals surface area contributed by atoms with E-state index in [4.69, 9.17) is 40.2 Å². The highest BCUT2D eigenvalue weighted by atomic mass is 35.5. The van der Waals surface area contributed by atoms with Gasteiger partial charge in [-0.05, 0) is 66.3 Å². The van der Waals surface area contributed by atoms with Gasteiger partial charge in [-0.25, -0.2) is 0 Å². The number of ether oxygens (including phenoxy) is 1. The standard InChI is InChI=1S/C30H20Cl2N2O3S/c31-25-14-8-7-9-21(25)19-37-27-16-15-20(18-26(27)32)17-24-28(35)33(22-10-3-1-4-11-22)30(38)34(29(24)36)23-12-5-2-6-13-23/h1-18H,19H2. The number of amides is 2. The van der Waals surface area contributed by atoms with Crippen molar-refractivity contribution < 1.29 is 14.3 Å². The van der Waals surface area contributed by atoms with Gasteiger partial charge in [0.25, 0.3) is 11.8 Å². The third-order valence-electron chi connectivity index (χ3n) is 5.89. The van der Waals surface area contributed by atoms with Crippen LogP contribution in [0.4, 0.5) is 11.4 Å². The van der Waals surface area contributed by atoms with E-state index in [1.165, 1.54) is 15.9 Å². The second-order valence-electron chi connectivity index (χ2n) is 8.36. The van der Waals surface area contributed by atoms with Gasteiger partial charge in [-0.15, -0.1) is 0 Å². The molecule has 1 saturated heterocycles. The number of thiocarbonyl (C=S) groups is 1. The molecule has 0 unspecified atom stereocenters. The topological polar surface area (TPSA) is 49.9 Å². The van der Waals surface area contributed by atoms with Gasteiger partial charge in [0.1, 0.15) is 17.9 Å². The molecule has 1 aliphatic heterocycles. The summed E-state index contributed by atoms with van der Waals surface area (Å²) in [7, 11) is 0. The van der Waals surface area contributed by atoms with Gasteiger partial charge in [-0.1, -0.05) is 83.9 Å². The number of hydrogen-bond donors (Lipinski definition) is 0. The molecule has 0 bridgehead atoms. The van der Waals surface area contributed by atoms with Crippen LogP contribution in [-0.4, -0.2) is 16.9 Å². The summed E-state index contributed by atoms with van der Waals surface area (Å²) in [5.74, 6) is -0.588. The molecule has 1 aliphatic rings. The van der Waals surface area contributed by atoms with Gasteiger partial charge in [0, 0.05) is 10.6 Å². The Kier molecular flexibility index (Phi) is 7.56. The van der Waals surface area contributed by atoms with E-state index >= 15 is 0 Å². The Labute approximate surface area is 235 Å². The van der Waals surface area contributed by atoms with Crippen molar-refractivity contribution in [3.05, 3.63) is 130 Å². The fraction of sp³-hybridized carbons (Fsp3) is 0.0333. The largest absolute Gasteiger partial charge is 0.487 e. The average molecular weight is 559 g/mol. The summed E-state index contributed by atoms with van der Waals surface area (Å²) in [6, 6.07) is 30.4. The van der Waals surface area contributed by atoms with Crippen molar-refractivity contribution in [2.24, 2.45) is 0 Å². The molecule has 0 spiro atoms. The zero-order chi connectivity index (χ0) is 26.6. The Balaban J connectivity index is 1.49. The molecule has 4 aromatic carbocycles. The Bertz CT molecular complexity index is 1500. The van der Waals surface area contributed by atoms with Gasteiger partial charge in [0.2, 0.25) is 0 Å². The van der Waals surface area contributed by atoms with E-state index < -0.39 is 11.8 Å². The first-order valence-electron chi connectivity index (χ1n) is 11.6. The minimum atomic E-state index is -0.520. The summed E-state index contributed by atoms with van der Waals surface area (Å²) in [5, 5.41) is 1.01. The van der Waals surface area contributed by atoms with Gasteiger partial charge >= 0.3 is 0 Å². The first-order valence-corrected chi connectivity index (χ1v) is 12.8. The van der Waals surface area contributed by atoms with Crippen LogP contribution in [0.15, 0.2) is 109 Å². The lowest BCUT2D eigenvalue weighted by atomic mass is 10.0. The maximum atomic E-state index is 13.6. The van der Waals surface area contributed by atoms with Crippen LogP contribution >= 0.6 is 35.4 Å². The van der Waals surface area contributed by atoms with Crippen molar-refractivity contribution in [2.45, 2.75) is 6.61 Å². The SMILES string of the molecule is O=C1C(=Cc2ccc(OCc3ccccc3Cl)c(Cl)c2)C(=O)N(c2ccccc2)C(=S)N1c1ccccc1. The number of benzene rings is 4. The van der Waals surface area contributed by atoms with Gasteiger partial charge in [0.05, 0.1) is 16.4 Å². The number of rotatable bonds is 6. The van der Waals surface area contributed by atoms with E-state index in [1.54, 1.807) is 72.8 Å². The second-order valence-corrected chi connectivity index (χ2v) is 9.54. The average Bonchev–Trinajstić information content (AvgIpc) is 2.93. The molecule has 0 saturated carbocycles. The fourth-order valence-electron chi connectivity index (χ4n) is 4.00. The number of para-hydroxylation sites is 2. The summed E-state index contributed by atoms with van der Waals surface area (Å²) < 4.78 is 5.85. The van der Waals surface area contributed by atoms with Crippen molar-refractivity contribution in [1.29, 1.82) is 0 Å². The van der Waals surface area contributed by atoms with Crippen LogP contribution in [-0.2, 0) is 16.2 Å². The number of hydrogen-bond acceptors (Lipinski definition) is 4. The number of nitrogens with zero attached hydrogens (tertiary/aromatic N) is 2. The van der Waals surface area contributed by atoms with Crippen LogP contribution in [0.2, 0.25) is 10.0 Å². The lowest BCUT2D eigenvalue weighted by molar-refractivity contribution is -0.120. The second kappa shape index (κ2) is 11.2. The lowest BCUT2D eigenvalue weighted by Gasteiger charge is -2.36. The molecule has 4 aromatic rings. The van der Waals surface area contributed by atoms with E-state index in [1.807, 2.05) is 30.3 Å². The molecular weight excluding hydrogens is 539 g/mol. The number of carbonyl (C=O) groups is 2. The Morgan fingerprint density at radius 2 is 1.26 bits per heavy atom. The van der Waals surface area contributed by atoms with Crippen LogP contribution < -0.4 is 14.5 Å². The van der Waals surface area contributed by atoms with Gasteiger partial charge in [-0.3, -0.25) is 19.4 Å². The van der Waals surface area contributed by atoms with Crippen molar-refractivity contribution in [3.63, 3.8) is 0 Å². The highest BCUT2D eigenvalue weighted by Crippen LogP contribution is 2.32. The smallest absolute Gasteiger partial charge is 0.270 e. The summed E-state index contributed by atoms with van der Waals surface area (Å²) in [6.45, 7) is 0.242. The molecule has 188 valence electrons. The molecule has 1 heterocycles. The highest BCUT2D eigenvalue weighted by Gasteiger charge is 2.41. The zero-order valence-electron chi connectivity index (χ0n) is 19.9. The predicted molar refractivity (Wildman–Crippen MR) is 156 cm³/mol. The van der Waals surface area contributed by atoms with E-state index in [-0.39, 0.29) is 17.3 Å². The maximum absolute atomic E-state index is 13.6. The van der Waals surface area contributed by atoms with E-state index in [0.29, 0.717) is 32.7 Å². The molecule has 0 radical (unpaired) electrons. The molecule has 2 amide bonds. The molecule has 38 heavy (non-hydrogen) atoms. The normalized spacial score (nSPS) is 13.6. The maximum Gasteiger partial charge on any atom is 0.270 e. The third kappa shape index (κ3) is 5.20. The van der Waals surface area contributed by atoms with Crippen LogP contribution in [0, 0.1) is 0 Å². The highest BCUT2D eigenvalue weighted by molar-refractivity contribution is 7.81. The first kappa shape index (κ1) is 25.7. The number of halogens is 2. The zero-order valence-corrected chi connectivity index (χ0v) is 22.2. The summed E-state index contributed by atoms with van der Waals surface area (Å²) in [5.41, 5.74) is 2.46. The molecule has 0 N–H and O–H groups in total. The Hall–Kier alpha value is -3.97. The number of anilines is 2. The van der Waals surface area contributed by atoms with E-state index in [9.17, 15) is 9.59 Å². The first-order chi connectivity index (χ1) is 18.4. The van der Waals surface area contributed by atoms with Crippen molar-refractivity contribution >= 4 is 69.8 Å². The molecule has 1 fully saturated rings. The molecule has 0 aromatic heterocycles. The molecule has 8 heteroatoms. The van der Waals surface area contributed by atoms with Crippen LogP contribution in [0.3, 0.4) is 0 Å². The molecular formula is C30H20Cl2N2O3S. The van der Waals surface area contributed by atoms with Gasteiger partial charge in [-0.2, -0.15) is 0 Å². The lowest BCUT2D eigenvalue weighted by Crippen LogP contribution is -2.56. The predicted octanol–water partition coefficient (Wildman–Crippen LogP) is 7.32. The molecule has 5 nitrogen and oxygen atoms in total. The van der Waals surface area contributed by atoms with Crippen molar-refractivity contribution in [3.8, 4) is 5.75 Å². The van der Waals surface area contributed by atoms with Crippen LogP contribution in [0.25, 0.3) is 6.08 Å². The number of carbonyl (C=O) groups excluding carboxylic acids is 2. The Morgan fingerprint density at radius 1 is 0.711 bits per heavy atom.